The van der Waals surface area contributed by atoms with Gasteiger partial charge >= 0.3 is 0 Å². The number of aryl methyl sites for hydroxylation is 1. The predicted octanol–water partition coefficient (Wildman–Crippen LogP) is 3.21. The van der Waals surface area contributed by atoms with Crippen LogP contribution in [0.1, 0.15) is 16.7 Å². The second-order valence-electron chi connectivity index (χ2n) is 4.18. The van der Waals surface area contributed by atoms with Crippen LogP contribution in [0.25, 0.3) is 0 Å². The molecule has 2 aromatic rings. The highest BCUT2D eigenvalue weighted by Crippen LogP contribution is 2.21. The Bertz CT molecular complexity index is 521. The molecule has 0 atom stereocenters. The molecule has 0 spiro atoms. The van der Waals surface area contributed by atoms with Gasteiger partial charge in [0.2, 0.25) is 0 Å². The lowest BCUT2D eigenvalue weighted by Crippen LogP contribution is -1.99. The molecule has 0 aliphatic carbocycles. The lowest BCUT2D eigenvalue weighted by Gasteiger charge is -2.10. The molecule has 0 heterocycles. The molecule has 0 saturated heterocycles. The van der Waals surface area contributed by atoms with Gasteiger partial charge in [0.15, 0.2) is 0 Å². The second kappa shape index (κ2) is 5.65. The fraction of sp³-hybridized carbons (Fsp3) is 0.200. The highest BCUT2D eigenvalue weighted by Gasteiger charge is 2.04. The summed E-state index contributed by atoms with van der Waals surface area (Å²) in [5.41, 5.74) is 2.69. The average molecular weight is 246 g/mol. The number of benzene rings is 2. The Morgan fingerprint density at radius 2 is 1.83 bits per heavy atom. The zero-order valence-corrected chi connectivity index (χ0v) is 10.2. The van der Waals surface area contributed by atoms with E-state index in [1.165, 1.54) is 23.8 Å². The highest BCUT2D eigenvalue weighted by atomic mass is 19.1. The van der Waals surface area contributed by atoms with E-state index in [9.17, 15) is 4.39 Å². The van der Waals surface area contributed by atoms with E-state index in [-0.39, 0.29) is 12.4 Å². The first kappa shape index (κ1) is 12.6. The lowest BCUT2D eigenvalue weighted by atomic mass is 10.1. The maximum atomic E-state index is 13.0. The first-order chi connectivity index (χ1) is 8.69. The molecule has 2 rings (SSSR count). The largest absolute Gasteiger partial charge is 0.489 e. The van der Waals surface area contributed by atoms with E-state index in [1.54, 1.807) is 0 Å². The monoisotopic (exact) mass is 246 g/mol. The second-order valence-corrected chi connectivity index (χ2v) is 4.18. The maximum Gasteiger partial charge on any atom is 0.125 e. The van der Waals surface area contributed by atoms with Crippen LogP contribution in [0.5, 0.6) is 5.75 Å². The fourth-order valence-electron chi connectivity index (χ4n) is 1.66. The molecule has 1 N–H and O–H groups in total. The number of hydrogen-bond donors (Lipinski definition) is 1. The van der Waals surface area contributed by atoms with Crippen molar-refractivity contribution in [2.45, 2.75) is 20.1 Å². The van der Waals surface area contributed by atoms with Gasteiger partial charge in [-0.2, -0.15) is 0 Å². The van der Waals surface area contributed by atoms with E-state index in [0.29, 0.717) is 17.9 Å². The standard InChI is InChI=1S/C15H15FO2/c1-11-2-4-12(5-3-11)10-18-15-7-6-14(16)8-13(15)9-17/h2-8,17H,9-10H2,1H3. The molecule has 0 bridgehead atoms. The predicted molar refractivity (Wildman–Crippen MR) is 67.8 cm³/mol. The van der Waals surface area contributed by atoms with Crippen molar-refractivity contribution in [3.05, 3.63) is 65.0 Å². The Kier molecular flexibility index (Phi) is 3.95. The zero-order valence-electron chi connectivity index (χ0n) is 10.2. The topological polar surface area (TPSA) is 29.5 Å². The molecule has 0 unspecified atom stereocenters. The Balaban J connectivity index is 2.08. The van der Waals surface area contributed by atoms with Crippen molar-refractivity contribution in [2.24, 2.45) is 0 Å². The van der Waals surface area contributed by atoms with Gasteiger partial charge in [0.05, 0.1) is 6.61 Å². The minimum atomic E-state index is -0.373. The summed E-state index contributed by atoms with van der Waals surface area (Å²) >= 11 is 0. The first-order valence-electron chi connectivity index (χ1n) is 5.76. The van der Waals surface area contributed by atoms with Gasteiger partial charge in [-0.1, -0.05) is 29.8 Å². The molecule has 18 heavy (non-hydrogen) atoms. The summed E-state index contributed by atoms with van der Waals surface area (Å²) in [6, 6.07) is 12.1. The van der Waals surface area contributed by atoms with E-state index in [0.717, 1.165) is 5.56 Å². The third-order valence-electron chi connectivity index (χ3n) is 2.71. The van der Waals surface area contributed by atoms with Crippen LogP contribution in [0.4, 0.5) is 4.39 Å². The molecule has 0 aliphatic rings. The van der Waals surface area contributed by atoms with Crippen LogP contribution < -0.4 is 4.74 Å². The Hall–Kier alpha value is -1.87. The average Bonchev–Trinajstić information content (AvgIpc) is 2.39. The Labute approximate surface area is 106 Å². The minimum Gasteiger partial charge on any atom is -0.489 e. The van der Waals surface area contributed by atoms with Gasteiger partial charge in [-0.25, -0.2) is 4.39 Å². The van der Waals surface area contributed by atoms with Crippen molar-refractivity contribution in [3.8, 4) is 5.75 Å². The fourth-order valence-corrected chi connectivity index (χ4v) is 1.66. The van der Waals surface area contributed by atoms with Crippen molar-refractivity contribution in [1.29, 1.82) is 0 Å². The Morgan fingerprint density at radius 3 is 2.50 bits per heavy atom. The van der Waals surface area contributed by atoms with Gasteiger partial charge in [-0.15, -0.1) is 0 Å². The van der Waals surface area contributed by atoms with Crippen LogP contribution in [0.15, 0.2) is 42.5 Å². The summed E-state index contributed by atoms with van der Waals surface area (Å²) in [7, 11) is 0. The number of aliphatic hydroxyl groups excluding tert-OH is 1. The normalized spacial score (nSPS) is 10.4. The van der Waals surface area contributed by atoms with E-state index < -0.39 is 0 Å². The van der Waals surface area contributed by atoms with E-state index >= 15 is 0 Å². The third-order valence-corrected chi connectivity index (χ3v) is 2.71. The number of ether oxygens (including phenoxy) is 1. The van der Waals surface area contributed by atoms with Crippen LogP contribution in [-0.2, 0) is 13.2 Å². The van der Waals surface area contributed by atoms with Gasteiger partial charge in [0, 0.05) is 5.56 Å². The number of rotatable bonds is 4. The van der Waals surface area contributed by atoms with Crippen molar-refractivity contribution in [3.63, 3.8) is 0 Å². The van der Waals surface area contributed by atoms with Crippen LogP contribution >= 0.6 is 0 Å². The van der Waals surface area contributed by atoms with Crippen molar-refractivity contribution < 1.29 is 14.2 Å². The van der Waals surface area contributed by atoms with Gasteiger partial charge in [0.25, 0.3) is 0 Å². The number of halogens is 1. The van der Waals surface area contributed by atoms with Crippen molar-refractivity contribution >= 4 is 0 Å². The summed E-state index contributed by atoms with van der Waals surface area (Å²) in [6.07, 6.45) is 0. The third kappa shape index (κ3) is 3.08. The van der Waals surface area contributed by atoms with Crippen LogP contribution in [-0.4, -0.2) is 5.11 Å². The van der Waals surface area contributed by atoms with Gasteiger partial charge in [0.1, 0.15) is 18.2 Å². The van der Waals surface area contributed by atoms with Crippen LogP contribution in [0.3, 0.4) is 0 Å². The Morgan fingerprint density at radius 1 is 1.11 bits per heavy atom. The van der Waals surface area contributed by atoms with Crippen molar-refractivity contribution in [2.75, 3.05) is 0 Å². The molecule has 0 aliphatic heterocycles. The summed E-state index contributed by atoms with van der Waals surface area (Å²) in [6.45, 7) is 2.19. The van der Waals surface area contributed by atoms with Gasteiger partial charge in [-0.3, -0.25) is 0 Å². The molecule has 0 radical (unpaired) electrons. The summed E-state index contributed by atoms with van der Waals surface area (Å²) < 4.78 is 18.6. The molecular weight excluding hydrogens is 231 g/mol. The van der Waals surface area contributed by atoms with Crippen LogP contribution in [0.2, 0.25) is 0 Å². The van der Waals surface area contributed by atoms with E-state index in [2.05, 4.69) is 0 Å². The number of hydrogen-bond acceptors (Lipinski definition) is 2. The van der Waals surface area contributed by atoms with Gasteiger partial charge < -0.3 is 9.84 Å². The zero-order chi connectivity index (χ0) is 13.0. The first-order valence-corrected chi connectivity index (χ1v) is 5.76. The van der Waals surface area contributed by atoms with Gasteiger partial charge in [-0.05, 0) is 30.7 Å². The smallest absolute Gasteiger partial charge is 0.125 e. The molecule has 0 aromatic heterocycles. The summed E-state index contributed by atoms with van der Waals surface area (Å²) in [5, 5.41) is 9.13. The molecule has 0 fully saturated rings. The number of aliphatic hydroxyl groups is 1. The van der Waals surface area contributed by atoms with E-state index in [4.69, 9.17) is 9.84 Å². The SMILES string of the molecule is Cc1ccc(COc2ccc(F)cc2CO)cc1. The maximum absolute atomic E-state index is 13.0. The van der Waals surface area contributed by atoms with Crippen LogP contribution in [0, 0.1) is 12.7 Å². The molecule has 3 heteroatoms. The quantitative estimate of drug-likeness (QED) is 0.897. The van der Waals surface area contributed by atoms with Crippen molar-refractivity contribution in [1.82, 2.24) is 0 Å². The van der Waals surface area contributed by atoms with E-state index in [1.807, 2.05) is 31.2 Å². The minimum absolute atomic E-state index is 0.235. The highest BCUT2D eigenvalue weighted by molar-refractivity contribution is 5.33. The lowest BCUT2D eigenvalue weighted by molar-refractivity contribution is 0.258. The molecule has 94 valence electrons. The molecular formula is C15H15FO2. The molecule has 0 saturated carbocycles. The summed E-state index contributed by atoms with van der Waals surface area (Å²) in [5.74, 6) is 0.140. The molecule has 2 nitrogen and oxygen atoms in total. The molecule has 2 aromatic carbocycles. The summed E-state index contributed by atoms with van der Waals surface area (Å²) in [4.78, 5) is 0. The molecule has 0 amide bonds.